The summed E-state index contributed by atoms with van der Waals surface area (Å²) in [6.07, 6.45) is 14.2. The molecule has 0 amide bonds. The number of alkyl halides is 1. The van der Waals surface area contributed by atoms with Crippen molar-refractivity contribution in [3.8, 4) is 0 Å². The van der Waals surface area contributed by atoms with E-state index in [1.54, 1.807) is 0 Å². The Morgan fingerprint density at radius 1 is 1.29 bits per heavy atom. The number of allylic oxidation sites excluding steroid dienone is 2. The summed E-state index contributed by atoms with van der Waals surface area (Å²) in [5, 5.41) is 0. The summed E-state index contributed by atoms with van der Waals surface area (Å²) in [4.78, 5) is 12.0. The zero-order valence-electron chi connectivity index (χ0n) is 10.8. The van der Waals surface area contributed by atoms with Crippen LogP contribution in [-0.4, -0.2) is 10.1 Å². The molecule has 1 fully saturated rings. The van der Waals surface area contributed by atoms with Crippen LogP contribution in [0.3, 0.4) is 0 Å². The molecule has 0 radical (unpaired) electrons. The van der Waals surface area contributed by atoms with Crippen LogP contribution in [0.4, 0.5) is 0 Å². The van der Waals surface area contributed by atoms with Crippen LogP contribution in [0, 0.1) is 11.8 Å². The Morgan fingerprint density at radius 2 is 2.00 bits per heavy atom. The lowest BCUT2D eigenvalue weighted by molar-refractivity contribution is -0.136. The first-order valence-electron chi connectivity index (χ1n) is 7.10. The fraction of sp³-hybridized carbons (Fsp3) is 0.800. The molecular formula is C15H23BrO. The van der Waals surface area contributed by atoms with Crippen LogP contribution in [0.2, 0.25) is 0 Å². The van der Waals surface area contributed by atoms with Crippen molar-refractivity contribution < 1.29 is 4.79 Å². The summed E-state index contributed by atoms with van der Waals surface area (Å²) in [5.41, 5.74) is 0. The van der Waals surface area contributed by atoms with Gasteiger partial charge < -0.3 is 0 Å². The van der Waals surface area contributed by atoms with E-state index in [0.29, 0.717) is 17.6 Å². The highest BCUT2D eigenvalue weighted by Crippen LogP contribution is 2.54. The highest BCUT2D eigenvalue weighted by molar-refractivity contribution is 9.10. The third kappa shape index (κ3) is 2.52. The molecule has 2 heteroatoms. The lowest BCUT2D eigenvalue weighted by atomic mass is 9.63. The van der Waals surface area contributed by atoms with E-state index >= 15 is 0 Å². The Kier molecular flexibility index (Phi) is 4.46. The average Bonchev–Trinajstić information content (AvgIpc) is 2.79. The number of unbranched alkanes of at least 4 members (excludes halogenated alkanes) is 5. The van der Waals surface area contributed by atoms with Crippen LogP contribution >= 0.6 is 15.9 Å². The fourth-order valence-corrected chi connectivity index (χ4v) is 4.27. The number of carbonyl (C=O) groups is 1. The Balaban J connectivity index is 1.68. The summed E-state index contributed by atoms with van der Waals surface area (Å²) in [7, 11) is 0. The van der Waals surface area contributed by atoms with Gasteiger partial charge in [-0.1, -0.05) is 73.5 Å². The maximum atomic E-state index is 12.0. The predicted molar refractivity (Wildman–Crippen MR) is 75.4 cm³/mol. The molecule has 0 aromatic heterocycles. The van der Waals surface area contributed by atoms with E-state index in [-0.39, 0.29) is 4.32 Å². The van der Waals surface area contributed by atoms with Gasteiger partial charge in [0.2, 0.25) is 0 Å². The molecule has 1 nitrogen and oxygen atoms in total. The van der Waals surface area contributed by atoms with Gasteiger partial charge in [0, 0.05) is 11.8 Å². The molecule has 0 spiro atoms. The predicted octanol–water partition coefficient (Wildman–Crippen LogP) is 4.65. The molecule has 2 aliphatic rings. The van der Waals surface area contributed by atoms with Crippen LogP contribution < -0.4 is 0 Å². The first-order valence-corrected chi connectivity index (χ1v) is 7.89. The zero-order valence-corrected chi connectivity index (χ0v) is 12.3. The quantitative estimate of drug-likeness (QED) is 0.380. The number of rotatable bonds is 7. The lowest BCUT2D eigenvalue weighted by Gasteiger charge is -2.46. The van der Waals surface area contributed by atoms with Crippen molar-refractivity contribution >= 4 is 21.7 Å². The van der Waals surface area contributed by atoms with Crippen molar-refractivity contribution in [2.45, 2.75) is 62.6 Å². The minimum atomic E-state index is -0.185. The van der Waals surface area contributed by atoms with Crippen molar-refractivity contribution in [2.75, 3.05) is 0 Å². The van der Waals surface area contributed by atoms with Gasteiger partial charge >= 0.3 is 0 Å². The molecule has 0 aromatic carbocycles. The van der Waals surface area contributed by atoms with Gasteiger partial charge in [0.05, 0.1) is 4.32 Å². The van der Waals surface area contributed by atoms with Gasteiger partial charge in [-0.2, -0.15) is 0 Å². The number of fused-ring (bicyclic) bond motifs is 1. The summed E-state index contributed by atoms with van der Waals surface area (Å²) in [5.74, 6) is 1.26. The number of ketones is 1. The number of Topliss-reactive ketones (excluding diaryl/α,β-unsaturated/α-hetero) is 1. The molecule has 2 rings (SSSR count). The maximum Gasteiger partial charge on any atom is 0.154 e. The van der Waals surface area contributed by atoms with Crippen molar-refractivity contribution in [1.29, 1.82) is 0 Å². The molecule has 0 unspecified atom stereocenters. The molecule has 96 valence electrons. The van der Waals surface area contributed by atoms with E-state index in [4.69, 9.17) is 0 Å². The van der Waals surface area contributed by atoms with Crippen LogP contribution in [0.1, 0.15) is 58.3 Å². The largest absolute Gasteiger partial charge is 0.298 e. The summed E-state index contributed by atoms with van der Waals surface area (Å²) < 4.78 is -0.185. The van der Waals surface area contributed by atoms with Gasteiger partial charge in [0.15, 0.2) is 5.78 Å². The van der Waals surface area contributed by atoms with E-state index in [2.05, 4.69) is 35.0 Å². The van der Waals surface area contributed by atoms with Gasteiger partial charge in [-0.25, -0.2) is 0 Å². The molecule has 0 N–H and O–H groups in total. The SMILES string of the molecule is CCCCCCCC[C@]1(Br)C(=O)[C@@H]2CC=C[C@@H]21. The van der Waals surface area contributed by atoms with Gasteiger partial charge in [-0.3, -0.25) is 4.79 Å². The summed E-state index contributed by atoms with van der Waals surface area (Å²) >= 11 is 3.72. The van der Waals surface area contributed by atoms with Crippen molar-refractivity contribution in [3.63, 3.8) is 0 Å². The first-order chi connectivity index (χ1) is 8.20. The van der Waals surface area contributed by atoms with Crippen molar-refractivity contribution in [2.24, 2.45) is 11.8 Å². The first kappa shape index (κ1) is 13.3. The van der Waals surface area contributed by atoms with Crippen molar-refractivity contribution in [3.05, 3.63) is 12.2 Å². The van der Waals surface area contributed by atoms with Gasteiger partial charge in [0.25, 0.3) is 0 Å². The van der Waals surface area contributed by atoms with Crippen LogP contribution in [0.15, 0.2) is 12.2 Å². The van der Waals surface area contributed by atoms with Crippen LogP contribution in [0.25, 0.3) is 0 Å². The minimum absolute atomic E-state index is 0.185. The van der Waals surface area contributed by atoms with E-state index in [1.807, 2.05) is 0 Å². The van der Waals surface area contributed by atoms with E-state index < -0.39 is 0 Å². The minimum Gasteiger partial charge on any atom is -0.298 e. The Bertz CT molecular complexity index is 310. The normalized spacial score (nSPS) is 34.8. The monoisotopic (exact) mass is 298 g/mol. The van der Waals surface area contributed by atoms with Crippen molar-refractivity contribution in [1.82, 2.24) is 0 Å². The highest BCUT2D eigenvalue weighted by Gasteiger charge is 2.59. The smallest absolute Gasteiger partial charge is 0.154 e. The Labute approximate surface area is 113 Å². The summed E-state index contributed by atoms with van der Waals surface area (Å²) in [6, 6.07) is 0. The number of carbonyl (C=O) groups excluding carboxylic acids is 1. The second-order valence-corrected chi connectivity index (χ2v) is 6.96. The summed E-state index contributed by atoms with van der Waals surface area (Å²) in [6.45, 7) is 2.24. The topological polar surface area (TPSA) is 17.1 Å². The third-order valence-corrected chi connectivity index (χ3v) is 5.65. The Hall–Kier alpha value is -0.110. The fourth-order valence-electron chi connectivity index (χ4n) is 3.22. The third-order valence-electron chi connectivity index (χ3n) is 4.34. The highest BCUT2D eigenvalue weighted by atomic mass is 79.9. The van der Waals surface area contributed by atoms with Gasteiger partial charge in [-0.05, 0) is 12.8 Å². The molecule has 17 heavy (non-hydrogen) atoms. The van der Waals surface area contributed by atoms with Crippen LogP contribution in [-0.2, 0) is 4.79 Å². The molecule has 2 aliphatic carbocycles. The van der Waals surface area contributed by atoms with Gasteiger partial charge in [0.1, 0.15) is 0 Å². The average molecular weight is 299 g/mol. The number of hydrogen-bond donors (Lipinski definition) is 0. The molecule has 0 saturated heterocycles. The molecule has 0 aromatic rings. The van der Waals surface area contributed by atoms with E-state index in [9.17, 15) is 4.79 Å². The molecule has 0 bridgehead atoms. The lowest BCUT2D eigenvalue weighted by Crippen LogP contribution is -2.57. The number of halogens is 1. The molecule has 0 aliphatic heterocycles. The van der Waals surface area contributed by atoms with E-state index in [0.717, 1.165) is 12.8 Å². The standard InChI is InChI=1S/C15H23BrO/c1-2-3-4-5-6-7-11-15(16)13-10-8-9-12(13)14(15)17/h8,10,12-13H,2-7,9,11H2,1H3/t12-,13+,15-/m1/s1. The van der Waals surface area contributed by atoms with Crippen LogP contribution in [0.5, 0.6) is 0 Å². The zero-order chi connectivity index (χ0) is 12.3. The maximum absolute atomic E-state index is 12.0. The second kappa shape index (κ2) is 5.69. The Morgan fingerprint density at radius 3 is 2.76 bits per heavy atom. The molecule has 3 atom stereocenters. The number of hydrogen-bond acceptors (Lipinski definition) is 1. The molecule has 0 heterocycles. The molecular weight excluding hydrogens is 276 g/mol. The van der Waals surface area contributed by atoms with Gasteiger partial charge in [-0.15, -0.1) is 0 Å². The van der Waals surface area contributed by atoms with E-state index in [1.165, 1.54) is 38.5 Å². The second-order valence-electron chi connectivity index (χ2n) is 5.54. The molecule has 1 saturated carbocycles.